The van der Waals surface area contributed by atoms with E-state index in [1.54, 1.807) is 12.1 Å². The molecule has 1 saturated heterocycles. The van der Waals surface area contributed by atoms with Crippen LogP contribution >= 0.6 is 0 Å². The highest BCUT2D eigenvalue weighted by molar-refractivity contribution is 7.89. The number of nitrogens with one attached hydrogen (secondary N) is 1. The molecule has 2 aromatic carbocycles. The Labute approximate surface area is 166 Å². The van der Waals surface area contributed by atoms with Crippen LogP contribution < -0.4 is 5.32 Å². The van der Waals surface area contributed by atoms with Crippen LogP contribution in [0.1, 0.15) is 29.8 Å². The van der Waals surface area contributed by atoms with Gasteiger partial charge in [0, 0.05) is 25.2 Å². The Morgan fingerprint density at radius 1 is 1.04 bits per heavy atom. The zero-order valence-corrected chi connectivity index (χ0v) is 17.0. The second kappa shape index (κ2) is 8.86. The Balaban J connectivity index is 1.61. The average Bonchev–Trinajstić information content (AvgIpc) is 2.68. The van der Waals surface area contributed by atoms with E-state index < -0.39 is 10.0 Å². The van der Waals surface area contributed by atoms with E-state index in [9.17, 15) is 13.2 Å². The number of ether oxygens (including phenoxy) is 1. The monoisotopic (exact) mass is 402 g/mol. The number of benzene rings is 2. The van der Waals surface area contributed by atoms with Gasteiger partial charge in [0.15, 0.2) is 0 Å². The van der Waals surface area contributed by atoms with Gasteiger partial charge in [-0.15, -0.1) is 0 Å². The van der Waals surface area contributed by atoms with E-state index >= 15 is 0 Å². The van der Waals surface area contributed by atoms with Crippen LogP contribution in [0.4, 0.5) is 0 Å². The third kappa shape index (κ3) is 4.98. The number of rotatable bonds is 6. The maximum absolute atomic E-state index is 12.9. The maximum atomic E-state index is 12.9. The zero-order valence-electron chi connectivity index (χ0n) is 16.2. The summed E-state index contributed by atoms with van der Waals surface area (Å²) in [5, 5.41) is 2.87. The van der Waals surface area contributed by atoms with Crippen LogP contribution in [0.15, 0.2) is 59.5 Å². The summed E-state index contributed by atoms with van der Waals surface area (Å²) < 4.78 is 32.8. The molecule has 0 spiro atoms. The number of amides is 1. The predicted octanol–water partition coefficient (Wildman–Crippen LogP) is 2.46. The lowest BCUT2D eigenvalue weighted by molar-refractivity contribution is -0.0440. The minimum absolute atomic E-state index is 0.145. The van der Waals surface area contributed by atoms with E-state index in [-0.39, 0.29) is 23.0 Å². The molecule has 0 aliphatic carbocycles. The van der Waals surface area contributed by atoms with Gasteiger partial charge in [0.25, 0.3) is 5.91 Å². The Kier molecular flexibility index (Phi) is 6.49. The predicted molar refractivity (Wildman–Crippen MR) is 108 cm³/mol. The standard InChI is InChI=1S/C21H26N2O4S/c1-16-14-23(15-17(2)27-16)28(25,26)20-10-8-19(9-11-20)21(24)22-13-12-18-6-4-3-5-7-18/h3-11,16-17H,12-15H2,1-2H3,(H,22,24). The minimum Gasteiger partial charge on any atom is -0.373 e. The first-order valence-corrected chi connectivity index (χ1v) is 10.9. The normalized spacial score (nSPS) is 20.6. The summed E-state index contributed by atoms with van der Waals surface area (Å²) in [7, 11) is -3.60. The Morgan fingerprint density at radius 2 is 1.64 bits per heavy atom. The number of hydrogen-bond acceptors (Lipinski definition) is 4. The molecule has 0 bridgehead atoms. The highest BCUT2D eigenvalue weighted by atomic mass is 32.2. The molecule has 0 radical (unpaired) electrons. The highest BCUT2D eigenvalue weighted by Gasteiger charge is 2.32. The van der Waals surface area contributed by atoms with Crippen LogP contribution in [0.5, 0.6) is 0 Å². The topological polar surface area (TPSA) is 75.7 Å². The van der Waals surface area contributed by atoms with Crippen LogP contribution in [-0.4, -0.2) is 50.5 Å². The van der Waals surface area contributed by atoms with Gasteiger partial charge in [0.05, 0.1) is 17.1 Å². The summed E-state index contributed by atoms with van der Waals surface area (Å²) in [6, 6.07) is 16.0. The number of carbonyl (C=O) groups is 1. The van der Waals surface area contributed by atoms with Gasteiger partial charge in [-0.1, -0.05) is 30.3 Å². The average molecular weight is 403 g/mol. The lowest BCUT2D eigenvalue weighted by Gasteiger charge is -2.34. The molecule has 0 saturated carbocycles. The van der Waals surface area contributed by atoms with E-state index in [1.165, 1.54) is 16.4 Å². The SMILES string of the molecule is CC1CN(S(=O)(=O)c2ccc(C(=O)NCCc3ccccc3)cc2)CC(C)O1. The van der Waals surface area contributed by atoms with E-state index in [2.05, 4.69) is 5.32 Å². The fraction of sp³-hybridized carbons (Fsp3) is 0.381. The Bertz CT molecular complexity index is 888. The molecule has 7 heteroatoms. The van der Waals surface area contributed by atoms with Crippen molar-refractivity contribution in [1.82, 2.24) is 9.62 Å². The van der Waals surface area contributed by atoms with Gasteiger partial charge in [-0.2, -0.15) is 4.31 Å². The molecule has 1 amide bonds. The smallest absolute Gasteiger partial charge is 0.251 e. The zero-order chi connectivity index (χ0) is 20.1. The van der Waals surface area contributed by atoms with Crippen molar-refractivity contribution < 1.29 is 17.9 Å². The molecular formula is C21H26N2O4S. The van der Waals surface area contributed by atoms with E-state index in [0.29, 0.717) is 25.2 Å². The van der Waals surface area contributed by atoms with E-state index in [0.717, 1.165) is 12.0 Å². The molecule has 3 rings (SSSR count). The van der Waals surface area contributed by atoms with Crippen molar-refractivity contribution in [2.24, 2.45) is 0 Å². The van der Waals surface area contributed by atoms with Crippen molar-refractivity contribution in [2.45, 2.75) is 37.4 Å². The number of hydrogen-bond donors (Lipinski definition) is 1. The first-order valence-electron chi connectivity index (χ1n) is 9.44. The molecule has 1 aliphatic heterocycles. The second-order valence-corrected chi connectivity index (χ2v) is 9.03. The summed E-state index contributed by atoms with van der Waals surface area (Å²) >= 11 is 0. The third-order valence-corrected chi connectivity index (χ3v) is 6.53. The summed E-state index contributed by atoms with van der Waals surface area (Å²) in [6.07, 6.45) is 0.452. The molecule has 0 aromatic heterocycles. The van der Waals surface area contributed by atoms with Crippen LogP contribution in [0.3, 0.4) is 0 Å². The molecular weight excluding hydrogens is 376 g/mol. The Hall–Kier alpha value is -2.22. The quantitative estimate of drug-likeness (QED) is 0.805. The van der Waals surface area contributed by atoms with E-state index in [4.69, 9.17) is 4.74 Å². The number of carbonyl (C=O) groups excluding carboxylic acids is 1. The highest BCUT2D eigenvalue weighted by Crippen LogP contribution is 2.21. The van der Waals surface area contributed by atoms with Crippen LogP contribution in [0.2, 0.25) is 0 Å². The minimum atomic E-state index is -3.60. The first kappa shape index (κ1) is 20.5. The maximum Gasteiger partial charge on any atom is 0.251 e. The molecule has 1 aliphatic rings. The fourth-order valence-electron chi connectivity index (χ4n) is 3.32. The van der Waals surface area contributed by atoms with Gasteiger partial charge in [-0.25, -0.2) is 8.42 Å². The summed E-state index contributed by atoms with van der Waals surface area (Å²) in [4.78, 5) is 12.5. The third-order valence-electron chi connectivity index (χ3n) is 4.68. The molecule has 28 heavy (non-hydrogen) atoms. The summed E-state index contributed by atoms with van der Waals surface area (Å²) in [6.45, 7) is 4.90. The van der Waals surface area contributed by atoms with Crippen LogP contribution in [0, 0.1) is 0 Å². The van der Waals surface area contributed by atoms with Gasteiger partial charge in [-0.05, 0) is 50.1 Å². The number of nitrogens with zero attached hydrogens (tertiary/aromatic N) is 1. The van der Waals surface area contributed by atoms with Gasteiger partial charge in [0.1, 0.15) is 0 Å². The molecule has 1 fully saturated rings. The molecule has 2 aromatic rings. The van der Waals surface area contributed by atoms with Crippen molar-refractivity contribution in [2.75, 3.05) is 19.6 Å². The van der Waals surface area contributed by atoms with Crippen LogP contribution in [0.25, 0.3) is 0 Å². The fourth-order valence-corrected chi connectivity index (χ4v) is 4.91. The molecule has 150 valence electrons. The second-order valence-electron chi connectivity index (χ2n) is 7.10. The van der Waals surface area contributed by atoms with Gasteiger partial charge in [0.2, 0.25) is 10.0 Å². The van der Waals surface area contributed by atoms with Gasteiger partial charge < -0.3 is 10.1 Å². The lowest BCUT2D eigenvalue weighted by atomic mass is 10.1. The van der Waals surface area contributed by atoms with Gasteiger partial charge >= 0.3 is 0 Å². The molecule has 2 unspecified atom stereocenters. The van der Waals surface area contributed by atoms with Crippen molar-refractivity contribution >= 4 is 15.9 Å². The van der Waals surface area contributed by atoms with Crippen molar-refractivity contribution in [1.29, 1.82) is 0 Å². The van der Waals surface area contributed by atoms with Crippen molar-refractivity contribution in [3.63, 3.8) is 0 Å². The summed E-state index contributed by atoms with van der Waals surface area (Å²) in [5.74, 6) is -0.214. The largest absolute Gasteiger partial charge is 0.373 e. The lowest BCUT2D eigenvalue weighted by Crippen LogP contribution is -2.48. The molecule has 6 nitrogen and oxygen atoms in total. The molecule has 1 N–H and O–H groups in total. The number of sulfonamides is 1. The molecule has 1 heterocycles. The summed E-state index contributed by atoms with van der Waals surface area (Å²) in [5.41, 5.74) is 1.59. The van der Waals surface area contributed by atoms with E-state index in [1.807, 2.05) is 44.2 Å². The molecule has 2 atom stereocenters. The Morgan fingerprint density at radius 3 is 2.25 bits per heavy atom. The van der Waals surface area contributed by atoms with Crippen LogP contribution in [-0.2, 0) is 21.2 Å². The first-order chi connectivity index (χ1) is 13.4. The number of morpholine rings is 1. The van der Waals surface area contributed by atoms with Gasteiger partial charge in [-0.3, -0.25) is 4.79 Å². The van der Waals surface area contributed by atoms with Crippen molar-refractivity contribution in [3.8, 4) is 0 Å². The van der Waals surface area contributed by atoms with Crippen molar-refractivity contribution in [3.05, 3.63) is 65.7 Å².